The van der Waals surface area contributed by atoms with E-state index in [9.17, 15) is 0 Å². The number of benzene rings is 2. The number of aromatic nitrogens is 4. The normalized spacial score (nSPS) is 10.8. The Balaban J connectivity index is 1.98. The smallest absolute Gasteiger partial charge is 0.207 e. The highest BCUT2D eigenvalue weighted by Crippen LogP contribution is 2.33. The predicted molar refractivity (Wildman–Crippen MR) is 93.4 cm³/mol. The van der Waals surface area contributed by atoms with Crippen molar-refractivity contribution < 1.29 is 0 Å². The molecular weight excluding hydrogens is 333 g/mol. The molecule has 7 heteroatoms. The van der Waals surface area contributed by atoms with Gasteiger partial charge in [0.25, 0.3) is 0 Å². The summed E-state index contributed by atoms with van der Waals surface area (Å²) >= 11 is 12.3. The Kier molecular flexibility index (Phi) is 4.50. The molecule has 0 aliphatic carbocycles. The van der Waals surface area contributed by atoms with Gasteiger partial charge in [0, 0.05) is 16.9 Å². The van der Waals surface area contributed by atoms with Gasteiger partial charge in [0.05, 0.1) is 16.6 Å². The average molecular weight is 348 g/mol. The fourth-order valence-corrected chi connectivity index (χ4v) is 2.60. The third-order valence-corrected chi connectivity index (χ3v) is 4.29. The summed E-state index contributed by atoms with van der Waals surface area (Å²) in [6.07, 6.45) is 0. The molecule has 0 aliphatic heterocycles. The largest absolute Gasteiger partial charge is 0.355 e. The maximum absolute atomic E-state index is 6.15. The minimum Gasteiger partial charge on any atom is -0.355 e. The maximum atomic E-state index is 6.15. The molecule has 3 rings (SSSR count). The molecule has 1 aromatic heterocycles. The number of nitrogens with zero attached hydrogens (tertiary/aromatic N) is 4. The van der Waals surface area contributed by atoms with Crippen LogP contribution in [0.15, 0.2) is 36.4 Å². The van der Waals surface area contributed by atoms with Crippen molar-refractivity contribution in [1.29, 1.82) is 0 Å². The first kappa shape index (κ1) is 15.8. The summed E-state index contributed by atoms with van der Waals surface area (Å²) in [7, 11) is 0. The molecular formula is C16H15Cl2N5. The molecule has 1 heterocycles. The van der Waals surface area contributed by atoms with Crippen LogP contribution in [0.3, 0.4) is 0 Å². The van der Waals surface area contributed by atoms with Crippen LogP contribution in [0.25, 0.3) is 11.4 Å². The standard InChI is InChI=1S/C16H15Cl2N5/c1-3-23-21-16(20-22-23)12-6-4-5-7-14(12)19-11-8-10(2)15(18)13(17)9-11/h4-9,19H,3H2,1-2H3. The van der Waals surface area contributed by atoms with Crippen LogP contribution >= 0.6 is 23.2 Å². The second kappa shape index (κ2) is 6.56. The molecule has 5 nitrogen and oxygen atoms in total. The molecule has 1 N–H and O–H groups in total. The predicted octanol–water partition coefficient (Wildman–Crippen LogP) is 4.72. The molecule has 0 spiro atoms. The zero-order chi connectivity index (χ0) is 16.4. The van der Waals surface area contributed by atoms with E-state index in [0.717, 1.165) is 22.5 Å². The van der Waals surface area contributed by atoms with Crippen LogP contribution in [-0.4, -0.2) is 20.2 Å². The lowest BCUT2D eigenvalue weighted by molar-refractivity contribution is 0.553. The van der Waals surface area contributed by atoms with Crippen molar-refractivity contribution in [2.24, 2.45) is 0 Å². The first-order valence-corrected chi connectivity index (χ1v) is 7.94. The monoisotopic (exact) mass is 347 g/mol. The molecule has 0 unspecified atom stereocenters. The molecule has 0 atom stereocenters. The van der Waals surface area contributed by atoms with Gasteiger partial charge in [0.2, 0.25) is 5.82 Å². The van der Waals surface area contributed by atoms with Gasteiger partial charge in [0.15, 0.2) is 0 Å². The molecule has 0 radical (unpaired) electrons. The van der Waals surface area contributed by atoms with Gasteiger partial charge < -0.3 is 5.32 Å². The second-order valence-electron chi connectivity index (χ2n) is 5.06. The van der Waals surface area contributed by atoms with Crippen LogP contribution in [0.2, 0.25) is 10.0 Å². The maximum Gasteiger partial charge on any atom is 0.207 e. The lowest BCUT2D eigenvalue weighted by atomic mass is 10.1. The SMILES string of the molecule is CCn1nnc(-c2ccccc2Nc2cc(C)c(Cl)c(Cl)c2)n1. The molecule has 0 bridgehead atoms. The Bertz CT molecular complexity index is 821. The molecule has 0 aliphatic rings. The molecule has 0 saturated carbocycles. The molecule has 23 heavy (non-hydrogen) atoms. The number of tetrazole rings is 1. The van der Waals surface area contributed by atoms with Crippen LogP contribution in [-0.2, 0) is 6.54 Å². The molecule has 0 amide bonds. The van der Waals surface area contributed by atoms with Gasteiger partial charge >= 0.3 is 0 Å². The zero-order valence-corrected chi connectivity index (χ0v) is 14.2. The first-order valence-electron chi connectivity index (χ1n) is 7.18. The average Bonchev–Trinajstić information content (AvgIpc) is 3.02. The quantitative estimate of drug-likeness (QED) is 0.741. The molecule has 0 fully saturated rings. The number of hydrogen-bond donors (Lipinski definition) is 1. The summed E-state index contributed by atoms with van der Waals surface area (Å²) in [6, 6.07) is 11.5. The van der Waals surface area contributed by atoms with Gasteiger partial charge in [-0.3, -0.25) is 0 Å². The van der Waals surface area contributed by atoms with Crippen LogP contribution < -0.4 is 5.32 Å². The highest BCUT2D eigenvalue weighted by Gasteiger charge is 2.11. The third kappa shape index (κ3) is 3.30. The van der Waals surface area contributed by atoms with Crippen molar-refractivity contribution >= 4 is 34.6 Å². The van der Waals surface area contributed by atoms with E-state index in [1.165, 1.54) is 0 Å². The van der Waals surface area contributed by atoms with Gasteiger partial charge in [0.1, 0.15) is 0 Å². The van der Waals surface area contributed by atoms with Crippen LogP contribution in [0.1, 0.15) is 12.5 Å². The lowest BCUT2D eigenvalue weighted by Gasteiger charge is -2.12. The minimum atomic E-state index is 0.515. The van der Waals surface area contributed by atoms with E-state index in [1.807, 2.05) is 44.2 Å². The summed E-state index contributed by atoms with van der Waals surface area (Å²) < 4.78 is 0. The van der Waals surface area contributed by atoms with E-state index >= 15 is 0 Å². The number of para-hydroxylation sites is 1. The number of aryl methyl sites for hydroxylation is 2. The van der Waals surface area contributed by atoms with Crippen LogP contribution in [0.5, 0.6) is 0 Å². The van der Waals surface area contributed by atoms with Crippen molar-refractivity contribution in [2.45, 2.75) is 20.4 Å². The van der Waals surface area contributed by atoms with Crippen molar-refractivity contribution in [3.05, 3.63) is 52.0 Å². The molecule has 0 saturated heterocycles. The van der Waals surface area contributed by atoms with Gasteiger partial charge in [-0.05, 0) is 48.9 Å². The van der Waals surface area contributed by atoms with E-state index in [4.69, 9.17) is 23.2 Å². The zero-order valence-electron chi connectivity index (χ0n) is 12.7. The van der Waals surface area contributed by atoms with E-state index in [0.29, 0.717) is 22.4 Å². The summed E-state index contributed by atoms with van der Waals surface area (Å²) in [5.41, 5.74) is 3.51. The van der Waals surface area contributed by atoms with Crippen LogP contribution in [0.4, 0.5) is 11.4 Å². The number of hydrogen-bond acceptors (Lipinski definition) is 4. The van der Waals surface area contributed by atoms with Crippen molar-refractivity contribution in [3.63, 3.8) is 0 Å². The van der Waals surface area contributed by atoms with Crippen molar-refractivity contribution in [2.75, 3.05) is 5.32 Å². The summed E-state index contributed by atoms with van der Waals surface area (Å²) in [5.74, 6) is 0.576. The Morgan fingerprint density at radius 3 is 2.65 bits per heavy atom. The van der Waals surface area contributed by atoms with Gasteiger partial charge in [-0.25, -0.2) is 0 Å². The highest BCUT2D eigenvalue weighted by atomic mass is 35.5. The molecule has 118 valence electrons. The molecule has 2 aromatic carbocycles. The van der Waals surface area contributed by atoms with E-state index in [2.05, 4.69) is 20.7 Å². The Hall–Kier alpha value is -2.11. The van der Waals surface area contributed by atoms with E-state index in [1.54, 1.807) is 10.9 Å². The fourth-order valence-electron chi connectivity index (χ4n) is 2.23. The number of halogens is 2. The van der Waals surface area contributed by atoms with Crippen molar-refractivity contribution in [1.82, 2.24) is 20.2 Å². The van der Waals surface area contributed by atoms with E-state index < -0.39 is 0 Å². The van der Waals surface area contributed by atoms with E-state index in [-0.39, 0.29) is 0 Å². The Morgan fingerprint density at radius 2 is 1.96 bits per heavy atom. The summed E-state index contributed by atoms with van der Waals surface area (Å²) in [5, 5.41) is 16.9. The minimum absolute atomic E-state index is 0.515. The Labute approximate surface area is 144 Å². The number of anilines is 2. The highest BCUT2D eigenvalue weighted by molar-refractivity contribution is 6.42. The second-order valence-corrected chi connectivity index (χ2v) is 5.85. The van der Waals surface area contributed by atoms with Gasteiger partial charge in [-0.1, -0.05) is 35.3 Å². The Morgan fingerprint density at radius 1 is 1.17 bits per heavy atom. The third-order valence-electron chi connectivity index (χ3n) is 3.39. The van der Waals surface area contributed by atoms with Crippen LogP contribution in [0, 0.1) is 6.92 Å². The van der Waals surface area contributed by atoms with Crippen molar-refractivity contribution in [3.8, 4) is 11.4 Å². The number of nitrogens with one attached hydrogen (secondary N) is 1. The number of rotatable bonds is 4. The summed E-state index contributed by atoms with van der Waals surface area (Å²) in [4.78, 5) is 1.55. The fraction of sp³-hybridized carbons (Fsp3) is 0.188. The summed E-state index contributed by atoms with van der Waals surface area (Å²) in [6.45, 7) is 4.56. The van der Waals surface area contributed by atoms with Gasteiger partial charge in [-0.2, -0.15) is 4.80 Å². The first-order chi connectivity index (χ1) is 11.1. The van der Waals surface area contributed by atoms with Gasteiger partial charge in [-0.15, -0.1) is 10.2 Å². The lowest BCUT2D eigenvalue weighted by Crippen LogP contribution is -1.99. The molecule has 3 aromatic rings. The topological polar surface area (TPSA) is 55.6 Å².